The van der Waals surface area contributed by atoms with Gasteiger partial charge in [-0.3, -0.25) is 4.79 Å². The molecule has 140 valence electrons. The van der Waals surface area contributed by atoms with Crippen LogP contribution in [-0.2, 0) is 17.6 Å². The van der Waals surface area contributed by atoms with Gasteiger partial charge in [-0.25, -0.2) is 4.99 Å². The molecule has 0 bridgehead atoms. The third-order valence-electron chi connectivity index (χ3n) is 4.24. The van der Waals surface area contributed by atoms with Crippen molar-refractivity contribution in [3.63, 3.8) is 0 Å². The summed E-state index contributed by atoms with van der Waals surface area (Å²) in [6.45, 7) is 1.85. The summed E-state index contributed by atoms with van der Waals surface area (Å²) >= 11 is 1.76. The standard InChI is InChI=1S/C19H24N4OS.HI/c1-22(2)18(24)14-21-19(20-11-9-16-7-5-13-25-16)23-12-10-15-6-3-4-8-17(15)23;/h3-8,13H,9-12,14H2,1-2H3,(H,20,21);1H. The number of carbonyl (C=O) groups is 1. The Morgan fingerprint density at radius 3 is 2.81 bits per heavy atom. The van der Waals surface area contributed by atoms with E-state index in [0.29, 0.717) is 0 Å². The molecule has 1 amide bonds. The predicted octanol–water partition coefficient (Wildman–Crippen LogP) is 3.01. The Morgan fingerprint density at radius 2 is 2.08 bits per heavy atom. The average Bonchev–Trinajstić information content (AvgIpc) is 3.27. The van der Waals surface area contributed by atoms with Gasteiger partial charge in [-0.05, 0) is 35.9 Å². The van der Waals surface area contributed by atoms with Crippen molar-refractivity contribution in [2.75, 3.05) is 38.6 Å². The Kier molecular flexibility index (Phi) is 7.89. The van der Waals surface area contributed by atoms with E-state index >= 15 is 0 Å². The van der Waals surface area contributed by atoms with Crippen LogP contribution in [-0.4, -0.2) is 50.5 Å². The minimum Gasteiger partial charge on any atom is -0.356 e. The lowest BCUT2D eigenvalue weighted by Gasteiger charge is -2.23. The maximum Gasteiger partial charge on any atom is 0.243 e. The number of hydrogen-bond donors (Lipinski definition) is 1. The van der Waals surface area contributed by atoms with E-state index in [9.17, 15) is 4.79 Å². The molecule has 7 heteroatoms. The van der Waals surface area contributed by atoms with Crippen molar-refractivity contribution in [1.82, 2.24) is 10.2 Å². The number of carbonyl (C=O) groups excluding carboxylic acids is 1. The summed E-state index contributed by atoms with van der Waals surface area (Å²) in [6, 6.07) is 12.6. The first-order valence-electron chi connectivity index (χ1n) is 8.51. The summed E-state index contributed by atoms with van der Waals surface area (Å²) in [7, 11) is 3.51. The van der Waals surface area contributed by atoms with Crippen LogP contribution < -0.4 is 10.2 Å². The molecule has 0 radical (unpaired) electrons. The first kappa shape index (κ1) is 20.7. The van der Waals surface area contributed by atoms with Gasteiger partial charge in [-0.1, -0.05) is 24.3 Å². The maximum atomic E-state index is 11.9. The topological polar surface area (TPSA) is 47.9 Å². The van der Waals surface area contributed by atoms with Gasteiger partial charge >= 0.3 is 0 Å². The van der Waals surface area contributed by atoms with Gasteiger partial charge in [0.2, 0.25) is 5.91 Å². The molecule has 2 aromatic rings. The number of hydrogen-bond acceptors (Lipinski definition) is 3. The number of guanidine groups is 1. The van der Waals surface area contributed by atoms with Gasteiger partial charge in [0.15, 0.2) is 5.96 Å². The van der Waals surface area contributed by atoms with Crippen LogP contribution in [0, 0.1) is 0 Å². The fourth-order valence-electron chi connectivity index (χ4n) is 2.83. The van der Waals surface area contributed by atoms with Crippen LogP contribution in [0.1, 0.15) is 10.4 Å². The smallest absolute Gasteiger partial charge is 0.243 e. The Hall–Kier alpha value is -1.61. The zero-order valence-electron chi connectivity index (χ0n) is 15.1. The van der Waals surface area contributed by atoms with Crippen LogP contribution in [0.25, 0.3) is 0 Å². The summed E-state index contributed by atoms with van der Waals surface area (Å²) < 4.78 is 0. The zero-order valence-corrected chi connectivity index (χ0v) is 18.3. The molecule has 0 atom stereocenters. The third kappa shape index (κ3) is 5.20. The largest absolute Gasteiger partial charge is 0.356 e. The van der Waals surface area contributed by atoms with E-state index in [0.717, 1.165) is 31.9 Å². The van der Waals surface area contributed by atoms with Crippen LogP contribution in [0.5, 0.6) is 0 Å². The van der Waals surface area contributed by atoms with Crippen LogP contribution in [0.2, 0.25) is 0 Å². The second kappa shape index (κ2) is 9.91. The molecule has 1 aromatic carbocycles. The van der Waals surface area contributed by atoms with Crippen molar-refractivity contribution in [2.24, 2.45) is 4.99 Å². The van der Waals surface area contributed by atoms with Gasteiger partial charge in [-0.15, -0.1) is 35.3 Å². The Balaban J connectivity index is 0.00000243. The number of thiophene rings is 1. The van der Waals surface area contributed by atoms with Crippen LogP contribution in [0.4, 0.5) is 5.69 Å². The van der Waals surface area contributed by atoms with Gasteiger partial charge in [0.25, 0.3) is 0 Å². The van der Waals surface area contributed by atoms with Gasteiger partial charge in [0, 0.05) is 37.7 Å². The van der Waals surface area contributed by atoms with E-state index in [2.05, 4.69) is 50.9 Å². The molecule has 1 aliphatic heterocycles. The van der Waals surface area contributed by atoms with Crippen molar-refractivity contribution in [2.45, 2.75) is 12.8 Å². The molecular formula is C19H25IN4OS. The number of para-hydroxylation sites is 1. The first-order valence-corrected chi connectivity index (χ1v) is 9.39. The number of nitrogens with one attached hydrogen (secondary N) is 1. The van der Waals surface area contributed by atoms with Crippen LogP contribution in [0.15, 0.2) is 46.8 Å². The number of benzene rings is 1. The van der Waals surface area contributed by atoms with Crippen LogP contribution in [0.3, 0.4) is 0 Å². The number of fused-ring (bicyclic) bond motifs is 1. The molecule has 0 saturated carbocycles. The lowest BCUT2D eigenvalue weighted by atomic mass is 10.2. The number of likely N-dealkylation sites (N-methyl/N-ethyl adjacent to an activating group) is 1. The Bertz CT molecular complexity index is 746. The molecule has 1 N–H and O–H groups in total. The quantitative estimate of drug-likeness (QED) is 0.404. The molecule has 3 rings (SSSR count). The normalized spacial score (nSPS) is 13.2. The predicted molar refractivity (Wildman–Crippen MR) is 120 cm³/mol. The molecule has 0 unspecified atom stereocenters. The molecule has 2 heterocycles. The van der Waals surface area contributed by atoms with E-state index in [1.807, 2.05) is 6.07 Å². The first-order chi connectivity index (χ1) is 12.1. The molecule has 1 aromatic heterocycles. The summed E-state index contributed by atoms with van der Waals surface area (Å²) in [5.74, 6) is 0.793. The summed E-state index contributed by atoms with van der Waals surface area (Å²) in [4.78, 5) is 21.6. The van der Waals surface area contributed by atoms with Crippen molar-refractivity contribution in [3.05, 3.63) is 52.2 Å². The lowest BCUT2D eigenvalue weighted by Crippen LogP contribution is -2.42. The van der Waals surface area contributed by atoms with E-state index in [1.165, 1.54) is 16.1 Å². The van der Waals surface area contributed by atoms with Gasteiger partial charge in [-0.2, -0.15) is 0 Å². The number of nitrogens with zero attached hydrogens (tertiary/aromatic N) is 3. The van der Waals surface area contributed by atoms with E-state index < -0.39 is 0 Å². The van der Waals surface area contributed by atoms with Crippen LogP contribution >= 0.6 is 35.3 Å². The highest BCUT2D eigenvalue weighted by Crippen LogP contribution is 2.27. The van der Waals surface area contributed by atoms with E-state index in [-0.39, 0.29) is 36.4 Å². The molecule has 0 spiro atoms. The Labute approximate surface area is 176 Å². The van der Waals surface area contributed by atoms with Crippen molar-refractivity contribution < 1.29 is 4.79 Å². The lowest BCUT2D eigenvalue weighted by molar-refractivity contribution is -0.127. The van der Waals surface area contributed by atoms with E-state index in [1.54, 1.807) is 30.3 Å². The average molecular weight is 484 g/mol. The Morgan fingerprint density at radius 1 is 1.27 bits per heavy atom. The van der Waals surface area contributed by atoms with Crippen molar-refractivity contribution in [1.29, 1.82) is 0 Å². The molecule has 5 nitrogen and oxygen atoms in total. The fraction of sp³-hybridized carbons (Fsp3) is 0.368. The number of aliphatic imine (C=N–C) groups is 1. The third-order valence-corrected chi connectivity index (χ3v) is 5.18. The second-order valence-corrected chi connectivity index (χ2v) is 7.25. The fourth-order valence-corrected chi connectivity index (χ4v) is 3.54. The molecule has 0 fully saturated rings. The van der Waals surface area contributed by atoms with Gasteiger partial charge in [0.1, 0.15) is 6.54 Å². The molecule has 0 saturated heterocycles. The summed E-state index contributed by atoms with van der Waals surface area (Å²) in [5, 5.41) is 5.54. The number of halogens is 1. The van der Waals surface area contributed by atoms with E-state index in [4.69, 9.17) is 0 Å². The minimum atomic E-state index is 0. The minimum absolute atomic E-state index is 0. The number of anilines is 1. The number of amides is 1. The molecular weight excluding hydrogens is 459 g/mol. The number of rotatable bonds is 5. The van der Waals surface area contributed by atoms with Crippen molar-refractivity contribution in [3.8, 4) is 0 Å². The molecule has 0 aliphatic carbocycles. The van der Waals surface area contributed by atoms with Gasteiger partial charge in [0.05, 0.1) is 0 Å². The molecule has 1 aliphatic rings. The monoisotopic (exact) mass is 484 g/mol. The zero-order chi connectivity index (χ0) is 17.6. The second-order valence-electron chi connectivity index (χ2n) is 6.21. The van der Waals surface area contributed by atoms with Crippen molar-refractivity contribution >= 4 is 52.9 Å². The SMILES string of the molecule is CN(C)C(=O)CN=C(NCCc1cccs1)N1CCc2ccccc21.I. The highest BCUT2D eigenvalue weighted by atomic mass is 127. The highest BCUT2D eigenvalue weighted by Gasteiger charge is 2.22. The summed E-state index contributed by atoms with van der Waals surface area (Å²) in [6.07, 6.45) is 1.96. The maximum absolute atomic E-state index is 11.9. The highest BCUT2D eigenvalue weighted by molar-refractivity contribution is 14.0. The molecule has 26 heavy (non-hydrogen) atoms. The van der Waals surface area contributed by atoms with Gasteiger partial charge < -0.3 is 15.1 Å². The summed E-state index contributed by atoms with van der Waals surface area (Å²) in [5.41, 5.74) is 2.51.